The van der Waals surface area contributed by atoms with Crippen LogP contribution < -0.4 is 16.0 Å². The Kier molecular flexibility index (Phi) is 10.2. The van der Waals surface area contributed by atoms with Gasteiger partial charge < -0.3 is 16.0 Å². The Hall–Kier alpha value is -3.19. The molecule has 3 fully saturated rings. The monoisotopic (exact) mass is 628 g/mol. The second kappa shape index (κ2) is 14.1. The Morgan fingerprint density at radius 2 is 1.79 bits per heavy atom. The molecule has 3 heterocycles. The molecule has 3 aliphatic rings. The highest BCUT2D eigenvalue weighted by molar-refractivity contribution is 8.01. The van der Waals surface area contributed by atoms with Gasteiger partial charge in [-0.25, -0.2) is 14.8 Å². The number of Topliss-reactive ketones (excluding diaryl/α,β-unsaturated/α-hetero) is 1. The zero-order valence-electron chi connectivity index (χ0n) is 24.7. The van der Waals surface area contributed by atoms with E-state index in [-0.39, 0.29) is 61.2 Å². The SMILES string of the molecule is CC(C)[C@H](NC(=O)C1CCN2C(=O)CCC(NC(=O)NC3CCCCC3)C(=O)N2C1)C(=O)CSc1nc2ccccc2s1. The van der Waals surface area contributed by atoms with E-state index in [4.69, 9.17) is 0 Å². The van der Waals surface area contributed by atoms with Crippen LogP contribution in [-0.2, 0) is 19.2 Å². The number of urea groups is 1. The van der Waals surface area contributed by atoms with Gasteiger partial charge in [0.1, 0.15) is 6.04 Å². The molecule has 1 aromatic heterocycles. The zero-order valence-corrected chi connectivity index (χ0v) is 26.3. The normalized spacial score (nSPS) is 22.2. The summed E-state index contributed by atoms with van der Waals surface area (Å²) in [6.07, 6.45) is 5.85. The number of nitrogens with one attached hydrogen (secondary N) is 3. The number of fused-ring (bicyclic) bond motifs is 2. The zero-order chi connectivity index (χ0) is 30.5. The number of ketones is 1. The molecule has 232 valence electrons. The van der Waals surface area contributed by atoms with Crippen molar-refractivity contribution < 1.29 is 24.0 Å². The summed E-state index contributed by atoms with van der Waals surface area (Å²) in [5.41, 5.74) is 0.895. The molecule has 0 radical (unpaired) electrons. The van der Waals surface area contributed by atoms with Crippen LogP contribution in [0.25, 0.3) is 10.2 Å². The highest BCUT2D eigenvalue weighted by Crippen LogP contribution is 2.30. The van der Waals surface area contributed by atoms with E-state index in [1.165, 1.54) is 33.1 Å². The van der Waals surface area contributed by atoms with E-state index in [1.54, 1.807) is 0 Å². The van der Waals surface area contributed by atoms with Crippen LogP contribution in [0.3, 0.4) is 0 Å². The second-order valence-corrected chi connectivity index (χ2v) is 14.2. The lowest BCUT2D eigenvalue weighted by molar-refractivity contribution is -0.170. The molecule has 1 saturated carbocycles. The molecule has 43 heavy (non-hydrogen) atoms. The number of rotatable bonds is 9. The first-order valence-electron chi connectivity index (χ1n) is 15.2. The molecule has 5 amide bonds. The van der Waals surface area contributed by atoms with E-state index in [1.807, 2.05) is 38.1 Å². The quantitative estimate of drug-likeness (QED) is 0.361. The smallest absolute Gasteiger partial charge is 0.315 e. The van der Waals surface area contributed by atoms with Gasteiger partial charge in [0.25, 0.3) is 5.91 Å². The first-order valence-corrected chi connectivity index (χ1v) is 17.0. The summed E-state index contributed by atoms with van der Waals surface area (Å²) in [7, 11) is 0. The number of benzene rings is 1. The fourth-order valence-corrected chi connectivity index (χ4v) is 7.96. The van der Waals surface area contributed by atoms with Crippen LogP contribution in [0.1, 0.15) is 65.2 Å². The average molecular weight is 629 g/mol. The second-order valence-electron chi connectivity index (χ2n) is 11.9. The van der Waals surface area contributed by atoms with Crippen LogP contribution in [0.2, 0.25) is 0 Å². The molecule has 3 atom stereocenters. The first-order chi connectivity index (χ1) is 20.7. The minimum Gasteiger partial charge on any atom is -0.346 e. The largest absolute Gasteiger partial charge is 0.346 e. The lowest BCUT2D eigenvalue weighted by Crippen LogP contribution is -2.61. The van der Waals surface area contributed by atoms with E-state index < -0.39 is 29.9 Å². The number of hydrogen-bond acceptors (Lipinski definition) is 8. The maximum absolute atomic E-state index is 13.5. The predicted octanol–water partition coefficient (Wildman–Crippen LogP) is 3.48. The van der Waals surface area contributed by atoms with Gasteiger partial charge in [0.15, 0.2) is 10.1 Å². The summed E-state index contributed by atoms with van der Waals surface area (Å²) in [4.78, 5) is 70.4. The van der Waals surface area contributed by atoms with Crippen LogP contribution in [0.5, 0.6) is 0 Å². The Balaban J connectivity index is 1.18. The number of nitrogens with zero attached hydrogens (tertiary/aromatic N) is 3. The average Bonchev–Trinajstić information content (AvgIpc) is 3.38. The summed E-state index contributed by atoms with van der Waals surface area (Å²) in [5.74, 6) is -1.56. The van der Waals surface area contributed by atoms with Crippen LogP contribution >= 0.6 is 23.1 Å². The molecule has 1 aromatic carbocycles. The van der Waals surface area contributed by atoms with E-state index in [0.717, 1.165) is 46.7 Å². The number of hydrazine groups is 1. The molecular formula is C30H40N6O5S2. The maximum Gasteiger partial charge on any atom is 0.315 e. The molecule has 3 N–H and O–H groups in total. The highest BCUT2D eigenvalue weighted by Gasteiger charge is 2.42. The number of aromatic nitrogens is 1. The molecule has 1 aliphatic carbocycles. The number of carbonyl (C=O) groups is 5. The van der Waals surface area contributed by atoms with Crippen LogP contribution in [0, 0.1) is 11.8 Å². The van der Waals surface area contributed by atoms with Gasteiger partial charge in [-0.15, -0.1) is 11.3 Å². The van der Waals surface area contributed by atoms with Gasteiger partial charge in [0.2, 0.25) is 11.8 Å². The highest BCUT2D eigenvalue weighted by atomic mass is 32.2. The Labute approximate surface area is 259 Å². The third-order valence-corrected chi connectivity index (χ3v) is 10.6. The molecule has 2 aromatic rings. The number of hydrogen-bond donors (Lipinski definition) is 3. The van der Waals surface area contributed by atoms with Gasteiger partial charge in [0, 0.05) is 19.0 Å². The van der Waals surface area contributed by atoms with Crippen molar-refractivity contribution in [2.75, 3.05) is 18.8 Å². The standard InChI is InChI=1S/C30H40N6O5S2/c1-18(2)26(23(37)17-42-30-33-21-10-6-7-11-24(21)43-30)34-27(39)19-14-15-35-25(38)13-12-22(28(40)36(35)16-19)32-29(41)31-20-8-4-3-5-9-20/h6-7,10-11,18-20,22,26H,3-5,8-9,12-17H2,1-2H3,(H,34,39)(H2,31,32,41)/t19?,22?,26-/m0/s1. The lowest BCUT2D eigenvalue weighted by atomic mass is 9.96. The van der Waals surface area contributed by atoms with Gasteiger partial charge >= 0.3 is 6.03 Å². The van der Waals surface area contributed by atoms with Crippen molar-refractivity contribution >= 4 is 62.9 Å². The fourth-order valence-electron chi connectivity index (χ4n) is 5.97. The minimum atomic E-state index is -0.858. The summed E-state index contributed by atoms with van der Waals surface area (Å²) in [6, 6.07) is 5.95. The summed E-state index contributed by atoms with van der Waals surface area (Å²) < 4.78 is 1.86. The third-order valence-electron chi connectivity index (χ3n) is 8.40. The van der Waals surface area contributed by atoms with Crippen molar-refractivity contribution in [1.82, 2.24) is 31.0 Å². The number of thiazole rings is 1. The van der Waals surface area contributed by atoms with E-state index >= 15 is 0 Å². The van der Waals surface area contributed by atoms with Crippen LogP contribution in [0.15, 0.2) is 28.6 Å². The van der Waals surface area contributed by atoms with Crippen molar-refractivity contribution in [3.05, 3.63) is 24.3 Å². The number of carbonyl (C=O) groups excluding carboxylic acids is 5. The van der Waals surface area contributed by atoms with E-state index in [9.17, 15) is 24.0 Å². The van der Waals surface area contributed by atoms with Crippen LogP contribution in [0.4, 0.5) is 4.79 Å². The van der Waals surface area contributed by atoms with Gasteiger partial charge in [-0.3, -0.25) is 24.2 Å². The van der Waals surface area contributed by atoms with Crippen LogP contribution in [-0.4, -0.2) is 81.5 Å². The van der Waals surface area contributed by atoms with Gasteiger partial charge in [-0.05, 0) is 43.7 Å². The molecule has 5 rings (SSSR count). The summed E-state index contributed by atoms with van der Waals surface area (Å²) in [6.45, 7) is 4.01. The first kappa shape index (κ1) is 31.2. The molecular weight excluding hydrogens is 589 g/mol. The number of para-hydroxylation sites is 1. The topological polar surface area (TPSA) is 141 Å². The fraction of sp³-hybridized carbons (Fsp3) is 0.600. The van der Waals surface area contributed by atoms with Gasteiger partial charge in [-0.2, -0.15) is 0 Å². The van der Waals surface area contributed by atoms with Crippen molar-refractivity contribution in [2.24, 2.45) is 11.8 Å². The Morgan fingerprint density at radius 3 is 2.53 bits per heavy atom. The molecule has 2 aliphatic heterocycles. The van der Waals surface area contributed by atoms with E-state index in [0.29, 0.717) is 6.42 Å². The van der Waals surface area contributed by atoms with Gasteiger partial charge in [-0.1, -0.05) is 57.0 Å². The Morgan fingerprint density at radius 1 is 1.02 bits per heavy atom. The molecule has 0 bridgehead atoms. The van der Waals surface area contributed by atoms with E-state index in [2.05, 4.69) is 20.9 Å². The third kappa shape index (κ3) is 7.67. The van der Waals surface area contributed by atoms with Crippen molar-refractivity contribution in [3.63, 3.8) is 0 Å². The number of thioether (sulfide) groups is 1. The van der Waals surface area contributed by atoms with Crippen molar-refractivity contribution in [2.45, 2.75) is 87.7 Å². The minimum absolute atomic E-state index is 0.0122. The summed E-state index contributed by atoms with van der Waals surface area (Å²) in [5, 5.41) is 11.4. The summed E-state index contributed by atoms with van der Waals surface area (Å²) >= 11 is 2.90. The molecule has 2 unspecified atom stereocenters. The number of amides is 5. The van der Waals surface area contributed by atoms with Crippen molar-refractivity contribution in [3.8, 4) is 0 Å². The maximum atomic E-state index is 13.5. The molecule has 2 saturated heterocycles. The molecule has 11 nitrogen and oxygen atoms in total. The lowest BCUT2D eigenvalue weighted by Gasteiger charge is -2.41. The van der Waals surface area contributed by atoms with Crippen molar-refractivity contribution in [1.29, 1.82) is 0 Å². The van der Waals surface area contributed by atoms with Gasteiger partial charge in [0.05, 0.1) is 34.5 Å². The molecule has 0 spiro atoms. The Bertz CT molecular complexity index is 1330. The molecule has 13 heteroatoms. The predicted molar refractivity (Wildman–Crippen MR) is 165 cm³/mol.